The number of carbonyl (C=O) groups excluding carboxylic acids is 2. The van der Waals surface area contributed by atoms with Gasteiger partial charge in [-0.1, -0.05) is 74.5 Å². The van der Waals surface area contributed by atoms with Crippen molar-refractivity contribution >= 4 is 23.8 Å². The highest BCUT2D eigenvalue weighted by atomic mass is 32.2. The Hall–Kier alpha value is -2.27. The fourth-order valence-electron chi connectivity index (χ4n) is 4.05. The van der Waals surface area contributed by atoms with E-state index in [-0.39, 0.29) is 11.8 Å². The molecule has 5 heteroatoms. The quantitative estimate of drug-likeness (QED) is 0.612. The van der Waals surface area contributed by atoms with E-state index in [1.54, 1.807) is 11.8 Å². The van der Waals surface area contributed by atoms with Crippen molar-refractivity contribution in [2.75, 3.05) is 12.0 Å². The summed E-state index contributed by atoms with van der Waals surface area (Å²) in [6, 6.07) is 19.1. The van der Waals surface area contributed by atoms with Gasteiger partial charge in [-0.3, -0.25) is 4.79 Å². The van der Waals surface area contributed by atoms with Gasteiger partial charge < -0.3 is 4.74 Å². The summed E-state index contributed by atoms with van der Waals surface area (Å²) in [6.45, 7) is 4.07. The second kappa shape index (κ2) is 8.82. The number of amides is 2. The standard InChI is InChI=1S/C23H27NO3S/c1-17(2)21-23(18-11-6-4-7-12-18,19-13-8-5-9-14-19)27-22(26)24(21)20(25)15-10-16-28-3/h4-9,11-14,17,21H,10,15-16H2,1-3H3/t21-/m1/s1. The van der Waals surface area contributed by atoms with Crippen LogP contribution >= 0.6 is 11.8 Å². The van der Waals surface area contributed by atoms with E-state index >= 15 is 0 Å². The number of thioether (sulfide) groups is 1. The molecule has 1 heterocycles. The lowest BCUT2D eigenvalue weighted by Gasteiger charge is -2.37. The van der Waals surface area contributed by atoms with E-state index in [0.29, 0.717) is 6.42 Å². The highest BCUT2D eigenvalue weighted by Gasteiger charge is 2.59. The molecule has 0 saturated carbocycles. The molecule has 0 bridgehead atoms. The van der Waals surface area contributed by atoms with Gasteiger partial charge in [0, 0.05) is 17.5 Å². The van der Waals surface area contributed by atoms with Gasteiger partial charge in [-0.15, -0.1) is 0 Å². The number of ether oxygens (including phenoxy) is 1. The minimum atomic E-state index is -1.01. The maximum absolute atomic E-state index is 13.0. The topological polar surface area (TPSA) is 46.6 Å². The molecule has 1 saturated heterocycles. The Labute approximate surface area is 171 Å². The lowest BCUT2D eigenvalue weighted by atomic mass is 9.75. The Morgan fingerprint density at radius 1 is 1.07 bits per heavy atom. The summed E-state index contributed by atoms with van der Waals surface area (Å²) in [5.74, 6) is 0.756. The van der Waals surface area contributed by atoms with Crippen molar-refractivity contribution < 1.29 is 14.3 Å². The van der Waals surface area contributed by atoms with E-state index < -0.39 is 17.7 Å². The highest BCUT2D eigenvalue weighted by molar-refractivity contribution is 7.98. The predicted molar refractivity (Wildman–Crippen MR) is 113 cm³/mol. The first kappa shape index (κ1) is 20.5. The van der Waals surface area contributed by atoms with Gasteiger partial charge in [0.25, 0.3) is 0 Å². The minimum absolute atomic E-state index is 0.0244. The van der Waals surface area contributed by atoms with Crippen molar-refractivity contribution in [3.8, 4) is 0 Å². The maximum atomic E-state index is 13.0. The van der Waals surface area contributed by atoms with Gasteiger partial charge >= 0.3 is 6.09 Å². The summed E-state index contributed by atoms with van der Waals surface area (Å²) < 4.78 is 6.10. The van der Waals surface area contributed by atoms with E-state index in [1.165, 1.54) is 4.90 Å². The molecule has 2 amide bonds. The van der Waals surface area contributed by atoms with Crippen molar-refractivity contribution in [3.63, 3.8) is 0 Å². The van der Waals surface area contributed by atoms with Crippen LogP contribution in [0.4, 0.5) is 4.79 Å². The minimum Gasteiger partial charge on any atom is -0.430 e. The second-order valence-corrected chi connectivity index (χ2v) is 8.37. The van der Waals surface area contributed by atoms with Gasteiger partial charge in [-0.25, -0.2) is 9.69 Å². The zero-order valence-corrected chi connectivity index (χ0v) is 17.4. The van der Waals surface area contributed by atoms with Crippen LogP contribution in [0, 0.1) is 5.92 Å². The van der Waals surface area contributed by atoms with E-state index in [0.717, 1.165) is 23.3 Å². The van der Waals surface area contributed by atoms with Gasteiger partial charge in [-0.05, 0) is 24.3 Å². The van der Waals surface area contributed by atoms with E-state index in [9.17, 15) is 9.59 Å². The van der Waals surface area contributed by atoms with Crippen LogP contribution in [0.15, 0.2) is 60.7 Å². The normalized spacial score (nSPS) is 18.4. The number of cyclic esters (lactones) is 1. The van der Waals surface area contributed by atoms with Gasteiger partial charge in [0.2, 0.25) is 5.91 Å². The number of benzene rings is 2. The van der Waals surface area contributed by atoms with Crippen LogP contribution in [0.25, 0.3) is 0 Å². The molecule has 0 aliphatic carbocycles. The van der Waals surface area contributed by atoms with Gasteiger partial charge in [0.15, 0.2) is 5.60 Å². The Kier molecular flexibility index (Phi) is 6.45. The fourth-order valence-corrected chi connectivity index (χ4v) is 4.49. The van der Waals surface area contributed by atoms with Crippen LogP contribution in [0.2, 0.25) is 0 Å². The summed E-state index contributed by atoms with van der Waals surface area (Å²) in [5, 5.41) is 0. The van der Waals surface area contributed by atoms with E-state index in [4.69, 9.17) is 4.74 Å². The fraction of sp³-hybridized carbons (Fsp3) is 0.391. The van der Waals surface area contributed by atoms with Crippen molar-refractivity contribution in [1.29, 1.82) is 0 Å². The zero-order chi connectivity index (χ0) is 20.1. The average molecular weight is 398 g/mol. The van der Waals surface area contributed by atoms with Gasteiger partial charge in [0.1, 0.15) is 0 Å². The summed E-state index contributed by atoms with van der Waals surface area (Å²) in [6.07, 6.45) is 2.55. The summed E-state index contributed by atoms with van der Waals surface area (Å²) in [5.41, 5.74) is 0.753. The van der Waals surface area contributed by atoms with Crippen LogP contribution in [0.1, 0.15) is 37.8 Å². The van der Waals surface area contributed by atoms with E-state index in [2.05, 4.69) is 0 Å². The Balaban J connectivity index is 2.11. The molecular formula is C23H27NO3S. The van der Waals surface area contributed by atoms with Crippen molar-refractivity contribution in [2.24, 2.45) is 5.92 Å². The smallest absolute Gasteiger partial charge is 0.418 e. The maximum Gasteiger partial charge on any atom is 0.418 e. The Bertz CT molecular complexity index is 768. The second-order valence-electron chi connectivity index (χ2n) is 7.38. The van der Waals surface area contributed by atoms with Crippen LogP contribution in [-0.4, -0.2) is 35.0 Å². The number of carbonyl (C=O) groups is 2. The number of imide groups is 1. The first-order chi connectivity index (χ1) is 13.5. The predicted octanol–water partition coefficient (Wildman–Crippen LogP) is 5.08. The largest absolute Gasteiger partial charge is 0.430 e. The SMILES string of the molecule is CSCCCC(=O)N1C(=O)OC(c2ccccc2)(c2ccccc2)[C@H]1C(C)C. The molecule has 0 radical (unpaired) electrons. The summed E-state index contributed by atoms with van der Waals surface area (Å²) >= 11 is 1.70. The van der Waals surface area contributed by atoms with Crippen molar-refractivity contribution in [2.45, 2.75) is 38.3 Å². The number of nitrogens with zero attached hydrogens (tertiary/aromatic N) is 1. The van der Waals surface area contributed by atoms with E-state index in [1.807, 2.05) is 80.8 Å². The van der Waals surface area contributed by atoms with Gasteiger partial charge in [0.05, 0.1) is 6.04 Å². The zero-order valence-electron chi connectivity index (χ0n) is 16.6. The third-order valence-corrected chi connectivity index (χ3v) is 5.88. The molecule has 2 aromatic carbocycles. The number of rotatable bonds is 7. The molecule has 0 aromatic heterocycles. The summed E-state index contributed by atoms with van der Waals surface area (Å²) in [7, 11) is 0. The third kappa shape index (κ3) is 3.68. The molecule has 4 nitrogen and oxygen atoms in total. The molecule has 1 fully saturated rings. The molecule has 1 aliphatic heterocycles. The molecular weight excluding hydrogens is 370 g/mol. The molecule has 2 aromatic rings. The Morgan fingerprint density at radius 2 is 1.61 bits per heavy atom. The first-order valence-electron chi connectivity index (χ1n) is 9.67. The summed E-state index contributed by atoms with van der Waals surface area (Å²) in [4.78, 5) is 27.4. The monoisotopic (exact) mass is 397 g/mol. The van der Waals surface area contributed by atoms with Crippen LogP contribution in [0.5, 0.6) is 0 Å². The van der Waals surface area contributed by atoms with Crippen LogP contribution in [-0.2, 0) is 15.1 Å². The third-order valence-electron chi connectivity index (χ3n) is 5.18. The van der Waals surface area contributed by atoms with Gasteiger partial charge in [-0.2, -0.15) is 11.8 Å². The van der Waals surface area contributed by atoms with Crippen LogP contribution < -0.4 is 0 Å². The van der Waals surface area contributed by atoms with Crippen molar-refractivity contribution in [3.05, 3.63) is 71.8 Å². The molecule has 28 heavy (non-hydrogen) atoms. The van der Waals surface area contributed by atoms with Crippen molar-refractivity contribution in [1.82, 2.24) is 4.90 Å². The Morgan fingerprint density at radius 3 is 2.07 bits per heavy atom. The lowest BCUT2D eigenvalue weighted by Crippen LogP contribution is -2.49. The molecule has 148 valence electrons. The van der Waals surface area contributed by atoms with Crippen LogP contribution in [0.3, 0.4) is 0 Å². The lowest BCUT2D eigenvalue weighted by molar-refractivity contribution is -0.130. The molecule has 0 unspecified atom stereocenters. The molecule has 3 rings (SSSR count). The highest BCUT2D eigenvalue weighted by Crippen LogP contribution is 2.47. The average Bonchev–Trinajstić information content (AvgIpc) is 3.04. The number of hydrogen-bond donors (Lipinski definition) is 0. The number of hydrogen-bond acceptors (Lipinski definition) is 4. The first-order valence-corrected chi connectivity index (χ1v) is 11.1. The molecule has 0 N–H and O–H groups in total. The molecule has 1 aliphatic rings. The molecule has 1 atom stereocenters. The molecule has 0 spiro atoms.